The van der Waals surface area contributed by atoms with E-state index < -0.39 is 0 Å². The fourth-order valence-corrected chi connectivity index (χ4v) is 2.89. The molecule has 1 aliphatic heterocycles. The van der Waals surface area contributed by atoms with Gasteiger partial charge in [0.15, 0.2) is 5.78 Å². The average molecular weight is 264 g/mol. The van der Waals surface area contributed by atoms with E-state index in [1.807, 2.05) is 0 Å². The van der Waals surface area contributed by atoms with E-state index in [2.05, 4.69) is 38.1 Å². The zero-order chi connectivity index (χ0) is 13.0. The Morgan fingerprint density at radius 2 is 2.11 bits per heavy atom. The number of rotatable bonds is 4. The summed E-state index contributed by atoms with van der Waals surface area (Å²) in [7, 11) is 0. The lowest BCUT2D eigenvalue weighted by atomic mass is 9.99. The minimum absolute atomic E-state index is 0.200. The minimum Gasteiger partial charge on any atom is -0.369 e. The highest BCUT2D eigenvalue weighted by Gasteiger charge is 2.22. The van der Waals surface area contributed by atoms with Gasteiger partial charge in [-0.25, -0.2) is 0 Å². The van der Waals surface area contributed by atoms with Gasteiger partial charge >= 0.3 is 0 Å². The number of ketones is 1. The topological polar surface area (TPSA) is 26.3 Å². The van der Waals surface area contributed by atoms with Gasteiger partial charge in [-0.3, -0.25) is 4.79 Å². The van der Waals surface area contributed by atoms with Crippen LogP contribution in [0.1, 0.15) is 30.9 Å². The summed E-state index contributed by atoms with van der Waals surface area (Å²) in [6.07, 6.45) is 0.289. The van der Waals surface area contributed by atoms with Crippen molar-refractivity contribution < 1.29 is 9.53 Å². The van der Waals surface area contributed by atoms with Crippen LogP contribution in [-0.4, -0.2) is 30.0 Å². The number of ether oxygens (including phenoxy) is 1. The van der Waals surface area contributed by atoms with Crippen LogP contribution in [-0.2, 0) is 16.0 Å². The van der Waals surface area contributed by atoms with Gasteiger partial charge in [0.25, 0.3) is 0 Å². The van der Waals surface area contributed by atoms with Gasteiger partial charge in [-0.05, 0) is 17.0 Å². The van der Waals surface area contributed by atoms with Crippen LogP contribution >= 0.6 is 11.8 Å². The third kappa shape index (κ3) is 3.59. The van der Waals surface area contributed by atoms with Crippen molar-refractivity contribution in [2.24, 2.45) is 0 Å². The molecule has 2 nitrogen and oxygen atoms in total. The molecule has 1 aliphatic rings. The average Bonchev–Trinajstić information content (AvgIpc) is 2.40. The fraction of sp³-hybridized carbons (Fsp3) is 0.533. The van der Waals surface area contributed by atoms with Gasteiger partial charge in [0.2, 0.25) is 0 Å². The van der Waals surface area contributed by atoms with Crippen molar-refractivity contribution in [2.45, 2.75) is 32.3 Å². The molecule has 0 spiro atoms. The molecule has 1 saturated heterocycles. The lowest BCUT2D eigenvalue weighted by molar-refractivity contribution is -0.128. The van der Waals surface area contributed by atoms with Gasteiger partial charge < -0.3 is 4.74 Å². The summed E-state index contributed by atoms with van der Waals surface area (Å²) in [5.41, 5.74) is 2.40. The number of carbonyl (C=O) groups is 1. The van der Waals surface area contributed by atoms with E-state index in [0.717, 1.165) is 17.1 Å². The molecule has 1 aromatic rings. The molecule has 1 aromatic carbocycles. The van der Waals surface area contributed by atoms with E-state index >= 15 is 0 Å². The van der Waals surface area contributed by atoms with Crippen molar-refractivity contribution in [3.05, 3.63) is 35.4 Å². The maximum absolute atomic E-state index is 12.0. The molecule has 0 saturated carbocycles. The molecule has 0 bridgehead atoms. The van der Waals surface area contributed by atoms with Crippen molar-refractivity contribution in [3.8, 4) is 0 Å². The minimum atomic E-state index is -0.200. The first kappa shape index (κ1) is 13.6. The maximum Gasteiger partial charge on any atom is 0.166 e. The van der Waals surface area contributed by atoms with Crippen molar-refractivity contribution in [1.29, 1.82) is 0 Å². The number of thioether (sulfide) groups is 1. The van der Waals surface area contributed by atoms with E-state index in [1.54, 1.807) is 11.8 Å². The molecule has 1 heterocycles. The maximum atomic E-state index is 12.0. The lowest BCUT2D eigenvalue weighted by Gasteiger charge is -2.21. The van der Waals surface area contributed by atoms with Crippen LogP contribution in [0.4, 0.5) is 0 Å². The first-order valence-electron chi connectivity index (χ1n) is 6.47. The summed E-state index contributed by atoms with van der Waals surface area (Å²) in [5.74, 6) is 2.56. The molecular weight excluding hydrogens is 244 g/mol. The van der Waals surface area contributed by atoms with Crippen LogP contribution in [0.3, 0.4) is 0 Å². The molecule has 0 N–H and O–H groups in total. The highest BCUT2D eigenvalue weighted by atomic mass is 32.2. The number of Topliss-reactive ketones (excluding diaryl/α,β-unsaturated/α-hetero) is 1. The number of carbonyl (C=O) groups excluding carboxylic acids is 1. The molecule has 1 atom stereocenters. The Balaban J connectivity index is 1.94. The highest BCUT2D eigenvalue weighted by molar-refractivity contribution is 7.99. The Bertz CT molecular complexity index is 391. The molecule has 2 rings (SSSR count). The summed E-state index contributed by atoms with van der Waals surface area (Å²) < 4.78 is 5.50. The molecular formula is C15H20O2S. The second kappa shape index (κ2) is 6.39. The third-order valence-corrected chi connectivity index (χ3v) is 4.19. The lowest BCUT2D eigenvalue weighted by Crippen LogP contribution is -2.32. The molecule has 0 amide bonds. The van der Waals surface area contributed by atoms with E-state index in [0.29, 0.717) is 18.9 Å². The Kier molecular flexibility index (Phi) is 4.84. The molecule has 18 heavy (non-hydrogen) atoms. The van der Waals surface area contributed by atoms with E-state index in [4.69, 9.17) is 4.74 Å². The summed E-state index contributed by atoms with van der Waals surface area (Å²) in [5, 5.41) is 0. The molecule has 0 aliphatic carbocycles. The van der Waals surface area contributed by atoms with Gasteiger partial charge in [-0.1, -0.05) is 38.1 Å². The molecule has 0 aromatic heterocycles. The van der Waals surface area contributed by atoms with E-state index in [-0.39, 0.29) is 11.9 Å². The standard InChI is InChI=1S/C15H20O2S/c1-11(2)13-5-3-12(4-6-13)9-14(16)15-10-18-8-7-17-15/h3-6,11,15H,7-10H2,1-2H3. The van der Waals surface area contributed by atoms with Crippen LogP contribution in [0.2, 0.25) is 0 Å². The fourth-order valence-electron chi connectivity index (χ4n) is 2.01. The van der Waals surface area contributed by atoms with Gasteiger partial charge in [-0.15, -0.1) is 0 Å². The smallest absolute Gasteiger partial charge is 0.166 e. The second-order valence-corrected chi connectivity index (χ2v) is 6.12. The van der Waals surface area contributed by atoms with Crippen LogP contribution < -0.4 is 0 Å². The Morgan fingerprint density at radius 1 is 1.39 bits per heavy atom. The predicted octanol–water partition coefficient (Wildman–Crippen LogP) is 3.05. The van der Waals surface area contributed by atoms with Gasteiger partial charge in [0.1, 0.15) is 6.10 Å². The van der Waals surface area contributed by atoms with Crippen LogP contribution in [0.5, 0.6) is 0 Å². The third-order valence-electron chi connectivity index (χ3n) is 3.20. The van der Waals surface area contributed by atoms with Crippen molar-refractivity contribution in [3.63, 3.8) is 0 Å². The Morgan fingerprint density at radius 3 is 2.67 bits per heavy atom. The number of benzene rings is 1. The van der Waals surface area contributed by atoms with Gasteiger partial charge in [0, 0.05) is 17.9 Å². The van der Waals surface area contributed by atoms with Crippen LogP contribution in [0.25, 0.3) is 0 Å². The van der Waals surface area contributed by atoms with Crippen molar-refractivity contribution in [1.82, 2.24) is 0 Å². The zero-order valence-electron chi connectivity index (χ0n) is 11.0. The molecule has 3 heteroatoms. The summed E-state index contributed by atoms with van der Waals surface area (Å²) >= 11 is 1.80. The number of hydrogen-bond acceptors (Lipinski definition) is 3. The van der Waals surface area contributed by atoms with E-state index in [1.165, 1.54) is 5.56 Å². The van der Waals surface area contributed by atoms with Gasteiger partial charge in [0.05, 0.1) is 6.61 Å². The summed E-state index contributed by atoms with van der Waals surface area (Å²) in [6, 6.07) is 8.35. The van der Waals surface area contributed by atoms with Crippen molar-refractivity contribution in [2.75, 3.05) is 18.1 Å². The van der Waals surface area contributed by atoms with Crippen LogP contribution in [0.15, 0.2) is 24.3 Å². The first-order valence-corrected chi connectivity index (χ1v) is 7.63. The molecule has 0 radical (unpaired) electrons. The zero-order valence-corrected chi connectivity index (χ0v) is 11.8. The van der Waals surface area contributed by atoms with Gasteiger partial charge in [-0.2, -0.15) is 11.8 Å². The normalized spacial score (nSPS) is 20.1. The Hall–Kier alpha value is -0.800. The largest absolute Gasteiger partial charge is 0.369 e. The summed E-state index contributed by atoms with van der Waals surface area (Å²) in [4.78, 5) is 12.0. The predicted molar refractivity (Wildman–Crippen MR) is 76.3 cm³/mol. The van der Waals surface area contributed by atoms with E-state index in [9.17, 15) is 4.79 Å². The quantitative estimate of drug-likeness (QED) is 0.836. The molecule has 1 unspecified atom stereocenters. The van der Waals surface area contributed by atoms with Crippen molar-refractivity contribution >= 4 is 17.5 Å². The second-order valence-electron chi connectivity index (χ2n) is 4.97. The monoisotopic (exact) mass is 264 g/mol. The van der Waals surface area contributed by atoms with Crippen LogP contribution in [0, 0.1) is 0 Å². The number of hydrogen-bond donors (Lipinski definition) is 0. The SMILES string of the molecule is CC(C)c1ccc(CC(=O)C2CSCCO2)cc1. The molecule has 1 fully saturated rings. The highest BCUT2D eigenvalue weighted by Crippen LogP contribution is 2.17. The summed E-state index contributed by atoms with van der Waals surface area (Å²) in [6.45, 7) is 5.05. The first-order chi connectivity index (χ1) is 8.66. The Labute approximate surface area is 113 Å². The molecule has 98 valence electrons.